The Balaban J connectivity index is 2.22. The van der Waals surface area contributed by atoms with Crippen molar-refractivity contribution in [2.24, 2.45) is 0 Å². The van der Waals surface area contributed by atoms with Crippen LogP contribution in [0.2, 0.25) is 0 Å². The van der Waals surface area contributed by atoms with Crippen LogP contribution in [0.4, 0.5) is 5.69 Å². The van der Waals surface area contributed by atoms with Gasteiger partial charge >= 0.3 is 0 Å². The number of imide groups is 1. The Morgan fingerprint density at radius 1 is 1.10 bits per heavy atom. The summed E-state index contributed by atoms with van der Waals surface area (Å²) in [6, 6.07) is 9.73. The lowest BCUT2D eigenvalue weighted by Crippen LogP contribution is -2.24. The number of carbonyl (C=O) groups excluding carboxylic acids is 2. The van der Waals surface area contributed by atoms with Crippen molar-refractivity contribution in [3.63, 3.8) is 0 Å². The summed E-state index contributed by atoms with van der Waals surface area (Å²) >= 11 is 1.55. The van der Waals surface area contributed by atoms with Crippen LogP contribution < -0.4 is 5.73 Å². The van der Waals surface area contributed by atoms with E-state index < -0.39 is 0 Å². The summed E-state index contributed by atoms with van der Waals surface area (Å²) in [5.74, 6) is -0.601. The van der Waals surface area contributed by atoms with Gasteiger partial charge in [0.1, 0.15) is 0 Å². The number of rotatable bonds is 0. The predicted molar refractivity (Wildman–Crippen MR) is 80.2 cm³/mol. The molecule has 4 rings (SSSR count). The summed E-state index contributed by atoms with van der Waals surface area (Å²) < 4.78 is 1.98. The van der Waals surface area contributed by atoms with Gasteiger partial charge in [-0.1, -0.05) is 18.2 Å². The summed E-state index contributed by atoms with van der Waals surface area (Å²) in [4.78, 5) is 25.3. The molecule has 0 aliphatic carbocycles. The molecule has 2 aromatic carbocycles. The fraction of sp³-hybridized carbons (Fsp3) is 0.0667. The van der Waals surface area contributed by atoms with Crippen molar-refractivity contribution < 1.29 is 9.59 Å². The molecule has 5 heteroatoms. The lowest BCUT2D eigenvalue weighted by Gasteiger charge is -2.03. The van der Waals surface area contributed by atoms with Crippen molar-refractivity contribution in [1.29, 1.82) is 0 Å². The fourth-order valence-corrected chi connectivity index (χ4v) is 3.87. The average Bonchev–Trinajstić information content (AvgIpc) is 2.93. The lowest BCUT2D eigenvalue weighted by molar-refractivity contribution is 0.0693. The highest BCUT2D eigenvalue weighted by Crippen LogP contribution is 2.42. The molecule has 0 spiro atoms. The van der Waals surface area contributed by atoms with Crippen LogP contribution in [0, 0.1) is 0 Å². The molecule has 4 nitrogen and oxygen atoms in total. The van der Waals surface area contributed by atoms with Gasteiger partial charge in [-0.25, -0.2) is 0 Å². The number of benzene rings is 2. The Morgan fingerprint density at radius 2 is 1.85 bits per heavy atom. The minimum absolute atomic E-state index is 0.283. The number of hydrogen-bond donors (Lipinski definition) is 1. The van der Waals surface area contributed by atoms with Gasteiger partial charge < -0.3 is 5.73 Å². The van der Waals surface area contributed by atoms with Crippen molar-refractivity contribution in [3.05, 3.63) is 41.5 Å². The van der Waals surface area contributed by atoms with Crippen LogP contribution in [-0.4, -0.2) is 23.8 Å². The molecule has 1 aliphatic heterocycles. The van der Waals surface area contributed by atoms with Crippen LogP contribution in [0.25, 0.3) is 20.2 Å². The number of fused-ring (bicyclic) bond motifs is 4. The topological polar surface area (TPSA) is 63.4 Å². The molecular formula is C15H10N2O2S. The summed E-state index contributed by atoms with van der Waals surface area (Å²) in [7, 11) is 1.48. The molecular weight excluding hydrogens is 272 g/mol. The third kappa shape index (κ3) is 1.20. The van der Waals surface area contributed by atoms with Crippen molar-refractivity contribution >= 4 is 49.0 Å². The second-order valence-corrected chi connectivity index (χ2v) is 5.91. The Kier molecular flexibility index (Phi) is 2.04. The summed E-state index contributed by atoms with van der Waals surface area (Å²) in [5.41, 5.74) is 7.33. The summed E-state index contributed by atoms with van der Waals surface area (Å²) in [6.45, 7) is 0. The number of amides is 2. The smallest absolute Gasteiger partial charge is 0.263 e. The number of nitrogens with two attached hydrogens (primary N) is 1. The van der Waals surface area contributed by atoms with Crippen LogP contribution >= 0.6 is 11.3 Å². The van der Waals surface area contributed by atoms with E-state index in [2.05, 4.69) is 0 Å². The van der Waals surface area contributed by atoms with E-state index in [1.165, 1.54) is 7.05 Å². The SMILES string of the molecule is CN1C(=O)c2cc3c(sc4ccccc43)c(N)c2C1=O. The molecule has 2 N–H and O–H groups in total. The van der Waals surface area contributed by atoms with Gasteiger partial charge in [0.2, 0.25) is 0 Å². The lowest BCUT2D eigenvalue weighted by atomic mass is 10.0. The van der Waals surface area contributed by atoms with E-state index in [-0.39, 0.29) is 11.8 Å². The third-order valence-electron chi connectivity index (χ3n) is 3.76. The van der Waals surface area contributed by atoms with Gasteiger partial charge in [-0.2, -0.15) is 0 Å². The monoisotopic (exact) mass is 282 g/mol. The van der Waals surface area contributed by atoms with Crippen LogP contribution in [0.15, 0.2) is 30.3 Å². The molecule has 20 heavy (non-hydrogen) atoms. The fourth-order valence-electron chi connectivity index (χ4n) is 2.72. The maximum absolute atomic E-state index is 12.1. The van der Waals surface area contributed by atoms with Gasteiger partial charge in [0.05, 0.1) is 21.5 Å². The average molecular weight is 282 g/mol. The molecule has 3 aromatic rings. The molecule has 0 atom stereocenters. The van der Waals surface area contributed by atoms with Gasteiger partial charge in [0.25, 0.3) is 11.8 Å². The Hall–Kier alpha value is -2.40. The largest absolute Gasteiger partial charge is 0.397 e. The molecule has 2 amide bonds. The first kappa shape index (κ1) is 11.4. The van der Waals surface area contributed by atoms with Gasteiger partial charge in [0, 0.05) is 22.5 Å². The first-order valence-corrected chi connectivity index (χ1v) is 6.97. The number of nitrogen functional groups attached to an aromatic ring is 1. The molecule has 0 fully saturated rings. The van der Waals surface area contributed by atoms with E-state index in [0.717, 1.165) is 25.1 Å². The van der Waals surface area contributed by atoms with Gasteiger partial charge in [-0.3, -0.25) is 14.5 Å². The second kappa shape index (κ2) is 3.58. The van der Waals surface area contributed by atoms with E-state index in [1.807, 2.05) is 24.3 Å². The zero-order chi connectivity index (χ0) is 14.0. The maximum Gasteiger partial charge on any atom is 0.263 e. The predicted octanol–water partition coefficient (Wildman–Crippen LogP) is 2.86. The first-order chi connectivity index (χ1) is 9.59. The number of nitrogens with zero attached hydrogens (tertiary/aromatic N) is 1. The number of anilines is 1. The van der Waals surface area contributed by atoms with Crippen molar-refractivity contribution in [2.75, 3.05) is 12.8 Å². The van der Waals surface area contributed by atoms with Crippen molar-refractivity contribution in [1.82, 2.24) is 4.90 Å². The van der Waals surface area contributed by atoms with Crippen LogP contribution in [0.1, 0.15) is 20.7 Å². The Labute approximate surface area is 118 Å². The molecule has 0 saturated heterocycles. The molecule has 0 saturated carbocycles. The molecule has 2 heterocycles. The standard InChI is InChI=1S/C15H10N2O2S/c1-17-14(18)9-6-8-7-4-2-3-5-10(7)20-13(8)12(16)11(9)15(17)19/h2-6H,16H2,1H3. The van der Waals surface area contributed by atoms with Crippen molar-refractivity contribution in [3.8, 4) is 0 Å². The van der Waals surface area contributed by atoms with Gasteiger partial charge in [0.15, 0.2) is 0 Å². The molecule has 98 valence electrons. The zero-order valence-electron chi connectivity index (χ0n) is 10.6. The highest BCUT2D eigenvalue weighted by atomic mass is 32.1. The van der Waals surface area contributed by atoms with E-state index in [4.69, 9.17) is 5.73 Å². The minimum atomic E-state index is -0.318. The highest BCUT2D eigenvalue weighted by molar-refractivity contribution is 7.26. The minimum Gasteiger partial charge on any atom is -0.397 e. The number of hydrogen-bond acceptors (Lipinski definition) is 4. The molecule has 0 unspecified atom stereocenters. The van der Waals surface area contributed by atoms with E-state index >= 15 is 0 Å². The summed E-state index contributed by atoms with van der Waals surface area (Å²) in [5, 5.41) is 2.01. The third-order valence-corrected chi connectivity index (χ3v) is 4.98. The quantitative estimate of drug-likeness (QED) is 0.509. The van der Waals surface area contributed by atoms with E-state index in [0.29, 0.717) is 16.8 Å². The molecule has 1 aromatic heterocycles. The van der Waals surface area contributed by atoms with Gasteiger partial charge in [-0.05, 0) is 12.1 Å². The molecule has 0 radical (unpaired) electrons. The summed E-state index contributed by atoms with van der Waals surface area (Å²) in [6.07, 6.45) is 0. The van der Waals surface area contributed by atoms with Crippen molar-refractivity contribution in [2.45, 2.75) is 0 Å². The maximum atomic E-state index is 12.1. The van der Waals surface area contributed by atoms with Gasteiger partial charge in [-0.15, -0.1) is 11.3 Å². The van der Waals surface area contributed by atoms with Crippen LogP contribution in [-0.2, 0) is 0 Å². The Morgan fingerprint density at radius 3 is 2.65 bits per heavy atom. The Bertz CT molecular complexity index is 926. The molecule has 1 aliphatic rings. The van der Waals surface area contributed by atoms with E-state index in [1.54, 1.807) is 17.4 Å². The normalized spacial score (nSPS) is 14.6. The van der Waals surface area contributed by atoms with Crippen LogP contribution in [0.3, 0.4) is 0 Å². The highest BCUT2D eigenvalue weighted by Gasteiger charge is 2.36. The zero-order valence-corrected chi connectivity index (χ0v) is 11.5. The first-order valence-electron chi connectivity index (χ1n) is 6.15. The molecule has 0 bridgehead atoms. The van der Waals surface area contributed by atoms with E-state index in [9.17, 15) is 9.59 Å². The number of thiophene rings is 1. The number of carbonyl (C=O) groups is 2. The van der Waals surface area contributed by atoms with Crippen LogP contribution in [0.5, 0.6) is 0 Å². The second-order valence-electron chi connectivity index (χ2n) is 4.86.